The molecular formula is C17H17N3O. The van der Waals surface area contributed by atoms with Gasteiger partial charge in [-0.2, -0.15) is 5.26 Å². The molecule has 21 heavy (non-hydrogen) atoms. The summed E-state index contributed by atoms with van der Waals surface area (Å²) < 4.78 is 0. The lowest BCUT2D eigenvalue weighted by molar-refractivity contribution is -0.114. The van der Waals surface area contributed by atoms with Gasteiger partial charge in [0.15, 0.2) is 0 Å². The van der Waals surface area contributed by atoms with Crippen molar-refractivity contribution in [3.05, 3.63) is 47.5 Å². The quantitative estimate of drug-likeness (QED) is 0.693. The number of carbonyl (C=O) groups excluding carboxylic acids is 1. The van der Waals surface area contributed by atoms with Crippen LogP contribution in [-0.2, 0) is 4.79 Å². The van der Waals surface area contributed by atoms with Gasteiger partial charge in [0.1, 0.15) is 11.6 Å². The zero-order valence-electron chi connectivity index (χ0n) is 12.3. The molecule has 0 aliphatic carbocycles. The van der Waals surface area contributed by atoms with Crippen molar-refractivity contribution in [3.63, 3.8) is 0 Å². The van der Waals surface area contributed by atoms with Crippen molar-refractivity contribution in [2.45, 2.75) is 6.92 Å². The van der Waals surface area contributed by atoms with Crippen molar-refractivity contribution in [2.24, 2.45) is 5.73 Å². The highest BCUT2D eigenvalue weighted by Crippen LogP contribution is 2.32. The molecular weight excluding hydrogens is 262 g/mol. The average molecular weight is 279 g/mol. The Bertz CT molecular complexity index is 782. The number of amides is 1. The fourth-order valence-electron chi connectivity index (χ4n) is 2.46. The van der Waals surface area contributed by atoms with Crippen LogP contribution in [0, 0.1) is 11.3 Å². The van der Waals surface area contributed by atoms with E-state index in [0.717, 1.165) is 22.0 Å². The van der Waals surface area contributed by atoms with Crippen LogP contribution in [0.2, 0.25) is 0 Å². The summed E-state index contributed by atoms with van der Waals surface area (Å²) in [6.45, 7) is 1.75. The van der Waals surface area contributed by atoms with Crippen LogP contribution in [0.1, 0.15) is 12.5 Å². The van der Waals surface area contributed by atoms with Gasteiger partial charge in [0.25, 0.3) is 5.91 Å². The molecule has 0 aromatic heterocycles. The molecule has 0 saturated heterocycles. The third kappa shape index (κ3) is 2.59. The van der Waals surface area contributed by atoms with Crippen LogP contribution < -0.4 is 10.6 Å². The van der Waals surface area contributed by atoms with Gasteiger partial charge in [-0.05, 0) is 29.5 Å². The third-order valence-electron chi connectivity index (χ3n) is 3.52. The highest BCUT2D eigenvalue weighted by atomic mass is 16.1. The molecule has 4 heteroatoms. The predicted molar refractivity (Wildman–Crippen MR) is 85.7 cm³/mol. The monoisotopic (exact) mass is 279 g/mol. The van der Waals surface area contributed by atoms with Gasteiger partial charge in [-0.15, -0.1) is 0 Å². The summed E-state index contributed by atoms with van der Waals surface area (Å²) in [5, 5.41) is 11.2. The molecule has 2 N–H and O–H groups in total. The Hall–Kier alpha value is -2.80. The Morgan fingerprint density at radius 2 is 1.76 bits per heavy atom. The van der Waals surface area contributed by atoms with E-state index in [2.05, 4.69) is 0 Å². The van der Waals surface area contributed by atoms with Crippen molar-refractivity contribution in [1.82, 2.24) is 0 Å². The van der Waals surface area contributed by atoms with E-state index in [1.54, 1.807) is 6.92 Å². The standard InChI is InChI=1S/C17H17N3O/c1-11(15(10-18)17(19)21)12-8-9-16(20(2)3)14-7-5-4-6-13(12)14/h4-9H,1-3H3,(H2,19,21)/b15-11+. The molecule has 0 aliphatic rings. The molecule has 0 spiro atoms. The second-order valence-electron chi connectivity index (χ2n) is 5.05. The van der Waals surface area contributed by atoms with Crippen LogP contribution in [0.3, 0.4) is 0 Å². The van der Waals surface area contributed by atoms with Gasteiger partial charge >= 0.3 is 0 Å². The number of fused-ring (bicyclic) bond motifs is 1. The van der Waals surface area contributed by atoms with Crippen molar-refractivity contribution in [2.75, 3.05) is 19.0 Å². The lowest BCUT2D eigenvalue weighted by Gasteiger charge is -2.18. The fourth-order valence-corrected chi connectivity index (χ4v) is 2.46. The molecule has 4 nitrogen and oxygen atoms in total. The van der Waals surface area contributed by atoms with Crippen LogP contribution in [0.25, 0.3) is 16.3 Å². The minimum atomic E-state index is -0.698. The minimum absolute atomic E-state index is 0.00208. The zero-order chi connectivity index (χ0) is 15.6. The SMILES string of the molecule is C/C(=C(/C#N)C(N)=O)c1ccc(N(C)C)c2ccccc12. The van der Waals surface area contributed by atoms with Gasteiger partial charge in [-0.25, -0.2) is 0 Å². The summed E-state index contributed by atoms with van der Waals surface area (Å²) >= 11 is 0. The molecule has 0 unspecified atom stereocenters. The molecule has 2 rings (SSSR count). The summed E-state index contributed by atoms with van der Waals surface area (Å²) in [5.41, 5.74) is 7.82. The number of nitriles is 1. The number of carbonyl (C=O) groups is 1. The molecule has 0 radical (unpaired) electrons. The van der Waals surface area contributed by atoms with Crippen molar-refractivity contribution < 1.29 is 4.79 Å². The normalized spacial score (nSPS) is 11.7. The highest BCUT2D eigenvalue weighted by Gasteiger charge is 2.14. The van der Waals surface area contributed by atoms with Gasteiger partial charge in [0.05, 0.1) is 0 Å². The first-order valence-corrected chi connectivity index (χ1v) is 6.57. The van der Waals surface area contributed by atoms with Crippen LogP contribution in [0.15, 0.2) is 42.0 Å². The van der Waals surface area contributed by atoms with Crippen LogP contribution >= 0.6 is 0 Å². The van der Waals surface area contributed by atoms with Gasteiger partial charge in [-0.1, -0.05) is 30.3 Å². The Morgan fingerprint density at radius 3 is 2.29 bits per heavy atom. The average Bonchev–Trinajstić information content (AvgIpc) is 2.46. The van der Waals surface area contributed by atoms with Crippen molar-refractivity contribution in [1.29, 1.82) is 5.26 Å². The molecule has 0 aliphatic heterocycles. The summed E-state index contributed by atoms with van der Waals surface area (Å²) in [4.78, 5) is 13.4. The Labute approximate surface area is 124 Å². The van der Waals surface area contributed by atoms with E-state index in [0.29, 0.717) is 5.57 Å². The van der Waals surface area contributed by atoms with Crippen LogP contribution in [0.4, 0.5) is 5.69 Å². The lowest BCUT2D eigenvalue weighted by atomic mass is 9.94. The maximum Gasteiger partial charge on any atom is 0.259 e. The van der Waals surface area contributed by atoms with E-state index in [-0.39, 0.29) is 5.57 Å². The van der Waals surface area contributed by atoms with Gasteiger partial charge < -0.3 is 10.6 Å². The summed E-state index contributed by atoms with van der Waals surface area (Å²) in [6.07, 6.45) is 0. The van der Waals surface area contributed by atoms with E-state index in [4.69, 9.17) is 11.0 Å². The Kier molecular flexibility index (Phi) is 3.95. The summed E-state index contributed by atoms with van der Waals surface area (Å²) in [6, 6.07) is 13.7. The van der Waals surface area contributed by atoms with Crippen molar-refractivity contribution in [3.8, 4) is 6.07 Å². The first kappa shape index (κ1) is 14.6. The number of anilines is 1. The zero-order valence-corrected chi connectivity index (χ0v) is 12.3. The topological polar surface area (TPSA) is 70.1 Å². The molecule has 0 atom stereocenters. The smallest absolute Gasteiger partial charge is 0.259 e. The number of allylic oxidation sites excluding steroid dienone is 1. The number of hydrogen-bond donors (Lipinski definition) is 1. The molecule has 106 valence electrons. The number of nitrogens with zero attached hydrogens (tertiary/aromatic N) is 2. The summed E-state index contributed by atoms with van der Waals surface area (Å²) in [5.74, 6) is -0.698. The second kappa shape index (κ2) is 5.68. The number of rotatable bonds is 3. The van der Waals surface area contributed by atoms with Crippen molar-refractivity contribution >= 4 is 27.9 Å². The maximum atomic E-state index is 11.4. The van der Waals surface area contributed by atoms with Gasteiger partial charge in [0, 0.05) is 25.2 Å². The van der Waals surface area contributed by atoms with E-state index in [9.17, 15) is 4.79 Å². The highest BCUT2D eigenvalue weighted by molar-refractivity contribution is 6.08. The van der Waals surface area contributed by atoms with Crippen LogP contribution in [0.5, 0.6) is 0 Å². The number of hydrogen-bond acceptors (Lipinski definition) is 3. The van der Waals surface area contributed by atoms with E-state index in [1.165, 1.54) is 0 Å². The molecule has 0 saturated carbocycles. The second-order valence-corrected chi connectivity index (χ2v) is 5.05. The van der Waals surface area contributed by atoms with E-state index >= 15 is 0 Å². The Balaban J connectivity index is 2.82. The molecule has 0 fully saturated rings. The van der Waals surface area contributed by atoms with Gasteiger partial charge in [-0.3, -0.25) is 4.79 Å². The molecule has 1 amide bonds. The molecule has 2 aromatic carbocycles. The minimum Gasteiger partial charge on any atom is -0.377 e. The van der Waals surface area contributed by atoms with E-state index in [1.807, 2.05) is 61.5 Å². The molecule has 2 aromatic rings. The third-order valence-corrected chi connectivity index (χ3v) is 3.52. The number of nitrogens with two attached hydrogens (primary N) is 1. The number of benzene rings is 2. The largest absolute Gasteiger partial charge is 0.377 e. The first-order chi connectivity index (χ1) is 9.97. The molecule has 0 bridgehead atoms. The Morgan fingerprint density at radius 1 is 1.14 bits per heavy atom. The maximum absolute atomic E-state index is 11.4. The fraction of sp³-hybridized carbons (Fsp3) is 0.176. The predicted octanol–water partition coefficient (Wildman–Crippen LogP) is 2.69. The molecule has 0 heterocycles. The lowest BCUT2D eigenvalue weighted by Crippen LogP contribution is -2.14. The van der Waals surface area contributed by atoms with Gasteiger partial charge in [0.2, 0.25) is 0 Å². The number of primary amides is 1. The van der Waals surface area contributed by atoms with Crippen LogP contribution in [-0.4, -0.2) is 20.0 Å². The van der Waals surface area contributed by atoms with E-state index < -0.39 is 5.91 Å². The summed E-state index contributed by atoms with van der Waals surface area (Å²) in [7, 11) is 3.96. The first-order valence-electron chi connectivity index (χ1n) is 6.57.